The third-order valence-corrected chi connectivity index (χ3v) is 2.72. The maximum atomic E-state index is 12.1. The van der Waals surface area contributed by atoms with Crippen molar-refractivity contribution in [1.82, 2.24) is 0 Å². The summed E-state index contributed by atoms with van der Waals surface area (Å²) in [6, 6.07) is 3.73. The van der Waals surface area contributed by atoms with Crippen molar-refractivity contribution in [1.29, 1.82) is 0 Å². The van der Waals surface area contributed by atoms with Crippen LogP contribution < -0.4 is 15.2 Å². The standard InChI is InChI=1S/C12H14F3NO2/c1-11(2)6-9(16)8-4-3-7(5-10(8)18-11)17-12(13,14)15/h3-5,9H,6,16H2,1-2H3. The van der Waals surface area contributed by atoms with Crippen LogP contribution in [0.5, 0.6) is 11.5 Å². The number of benzene rings is 1. The molecule has 1 aliphatic heterocycles. The fraction of sp³-hybridized carbons (Fsp3) is 0.500. The van der Waals surface area contributed by atoms with E-state index in [-0.39, 0.29) is 11.8 Å². The van der Waals surface area contributed by atoms with Crippen LogP contribution in [0, 0.1) is 0 Å². The van der Waals surface area contributed by atoms with Gasteiger partial charge >= 0.3 is 6.36 Å². The zero-order valence-electron chi connectivity index (χ0n) is 10.0. The molecule has 1 aromatic rings. The second-order valence-corrected chi connectivity index (χ2v) is 4.92. The van der Waals surface area contributed by atoms with Crippen LogP contribution in [0.2, 0.25) is 0 Å². The molecular formula is C12H14F3NO2. The fourth-order valence-corrected chi connectivity index (χ4v) is 2.09. The average molecular weight is 261 g/mol. The van der Waals surface area contributed by atoms with E-state index >= 15 is 0 Å². The second kappa shape index (κ2) is 4.05. The highest BCUT2D eigenvalue weighted by atomic mass is 19.4. The summed E-state index contributed by atoms with van der Waals surface area (Å²) in [5.41, 5.74) is 6.16. The van der Waals surface area contributed by atoms with Crippen LogP contribution in [0.25, 0.3) is 0 Å². The van der Waals surface area contributed by atoms with Gasteiger partial charge in [-0.1, -0.05) is 6.07 Å². The van der Waals surface area contributed by atoms with Gasteiger partial charge in [-0.15, -0.1) is 13.2 Å². The van der Waals surface area contributed by atoms with E-state index < -0.39 is 12.0 Å². The predicted octanol–water partition coefficient (Wildman–Crippen LogP) is 3.15. The Morgan fingerprint density at radius 2 is 2.06 bits per heavy atom. The molecule has 1 heterocycles. The van der Waals surface area contributed by atoms with Crippen molar-refractivity contribution in [3.8, 4) is 11.5 Å². The molecule has 1 aliphatic rings. The highest BCUT2D eigenvalue weighted by molar-refractivity contribution is 5.44. The molecule has 3 nitrogen and oxygen atoms in total. The maximum Gasteiger partial charge on any atom is 0.573 e. The Morgan fingerprint density at radius 3 is 2.67 bits per heavy atom. The van der Waals surface area contributed by atoms with E-state index in [1.807, 2.05) is 13.8 Å². The van der Waals surface area contributed by atoms with Crippen molar-refractivity contribution in [3.63, 3.8) is 0 Å². The molecule has 1 unspecified atom stereocenters. The van der Waals surface area contributed by atoms with Gasteiger partial charge in [-0.25, -0.2) is 0 Å². The molecule has 1 atom stereocenters. The lowest BCUT2D eigenvalue weighted by Gasteiger charge is -2.36. The molecule has 0 fully saturated rings. The molecule has 2 N–H and O–H groups in total. The lowest BCUT2D eigenvalue weighted by Crippen LogP contribution is -2.37. The first kappa shape index (κ1) is 13.0. The van der Waals surface area contributed by atoms with Gasteiger partial charge in [0.25, 0.3) is 0 Å². The van der Waals surface area contributed by atoms with Gasteiger partial charge in [0.05, 0.1) is 0 Å². The first-order valence-electron chi connectivity index (χ1n) is 5.51. The summed E-state index contributed by atoms with van der Waals surface area (Å²) in [6.07, 6.45) is -4.10. The quantitative estimate of drug-likeness (QED) is 0.844. The molecule has 18 heavy (non-hydrogen) atoms. The summed E-state index contributed by atoms with van der Waals surface area (Å²) in [7, 11) is 0. The Morgan fingerprint density at radius 1 is 1.39 bits per heavy atom. The number of alkyl halides is 3. The van der Waals surface area contributed by atoms with Crippen LogP contribution in [0.15, 0.2) is 18.2 Å². The van der Waals surface area contributed by atoms with Crippen molar-refractivity contribution in [3.05, 3.63) is 23.8 Å². The van der Waals surface area contributed by atoms with Crippen molar-refractivity contribution in [2.45, 2.75) is 38.3 Å². The molecule has 100 valence electrons. The van der Waals surface area contributed by atoms with E-state index in [9.17, 15) is 13.2 Å². The van der Waals surface area contributed by atoms with E-state index in [1.165, 1.54) is 18.2 Å². The topological polar surface area (TPSA) is 44.5 Å². The fourth-order valence-electron chi connectivity index (χ4n) is 2.09. The Labute approximate surface area is 103 Å². The second-order valence-electron chi connectivity index (χ2n) is 4.92. The van der Waals surface area contributed by atoms with Crippen molar-refractivity contribution < 1.29 is 22.6 Å². The summed E-state index contributed by atoms with van der Waals surface area (Å²) in [5, 5.41) is 0. The molecule has 6 heteroatoms. The minimum atomic E-state index is -4.71. The largest absolute Gasteiger partial charge is 0.573 e. The molecule has 0 bridgehead atoms. The van der Waals surface area contributed by atoms with Gasteiger partial charge in [0.2, 0.25) is 0 Å². The molecule has 0 saturated heterocycles. The number of ether oxygens (including phenoxy) is 2. The van der Waals surface area contributed by atoms with Gasteiger partial charge in [0.1, 0.15) is 17.1 Å². The Kier molecular flexibility index (Phi) is 2.93. The molecule has 0 saturated carbocycles. The predicted molar refractivity (Wildman–Crippen MR) is 59.4 cm³/mol. The van der Waals surface area contributed by atoms with Crippen molar-refractivity contribution in [2.24, 2.45) is 5.73 Å². The number of nitrogens with two attached hydrogens (primary N) is 1. The minimum Gasteiger partial charge on any atom is -0.487 e. The summed E-state index contributed by atoms with van der Waals surface area (Å²) in [5.74, 6) is 0.0478. The monoisotopic (exact) mass is 261 g/mol. The van der Waals surface area contributed by atoms with Gasteiger partial charge in [-0.05, 0) is 19.9 Å². The lowest BCUT2D eigenvalue weighted by molar-refractivity contribution is -0.274. The molecule has 1 aromatic carbocycles. The van der Waals surface area contributed by atoms with Gasteiger partial charge < -0.3 is 15.2 Å². The number of fused-ring (bicyclic) bond motifs is 1. The van der Waals surface area contributed by atoms with Crippen LogP contribution in [0.3, 0.4) is 0 Å². The zero-order valence-corrected chi connectivity index (χ0v) is 10.0. The first-order chi connectivity index (χ1) is 8.16. The maximum absolute atomic E-state index is 12.1. The highest BCUT2D eigenvalue weighted by Crippen LogP contribution is 2.40. The number of hydrogen-bond acceptors (Lipinski definition) is 3. The summed E-state index contributed by atoms with van der Waals surface area (Å²) < 4.78 is 45.8. The Hall–Kier alpha value is -1.43. The van der Waals surface area contributed by atoms with E-state index in [4.69, 9.17) is 10.5 Å². The first-order valence-corrected chi connectivity index (χ1v) is 5.51. The smallest absolute Gasteiger partial charge is 0.487 e. The average Bonchev–Trinajstić information content (AvgIpc) is 2.11. The van der Waals surface area contributed by atoms with Crippen LogP contribution in [0.4, 0.5) is 13.2 Å². The van der Waals surface area contributed by atoms with E-state index in [1.54, 1.807) is 0 Å². The van der Waals surface area contributed by atoms with Crippen LogP contribution in [-0.2, 0) is 0 Å². The third kappa shape index (κ3) is 2.87. The van der Waals surface area contributed by atoms with Gasteiger partial charge in [0.15, 0.2) is 0 Å². The van der Waals surface area contributed by atoms with E-state index in [0.29, 0.717) is 17.7 Å². The summed E-state index contributed by atoms with van der Waals surface area (Å²) >= 11 is 0. The van der Waals surface area contributed by atoms with E-state index in [2.05, 4.69) is 4.74 Å². The number of hydrogen-bond donors (Lipinski definition) is 1. The van der Waals surface area contributed by atoms with Gasteiger partial charge in [0, 0.05) is 24.1 Å². The van der Waals surface area contributed by atoms with Crippen molar-refractivity contribution >= 4 is 0 Å². The molecule has 2 rings (SSSR count). The summed E-state index contributed by atoms with van der Waals surface area (Å²) in [6.45, 7) is 3.68. The Balaban J connectivity index is 2.31. The third-order valence-electron chi connectivity index (χ3n) is 2.72. The lowest BCUT2D eigenvalue weighted by atomic mass is 9.90. The Bertz CT molecular complexity index is 457. The molecule has 0 aliphatic carbocycles. The highest BCUT2D eigenvalue weighted by Gasteiger charge is 2.34. The minimum absolute atomic E-state index is 0.247. The number of halogens is 3. The van der Waals surface area contributed by atoms with Gasteiger partial charge in [-0.3, -0.25) is 0 Å². The molecule has 0 aromatic heterocycles. The SMILES string of the molecule is CC1(C)CC(N)c2ccc(OC(F)(F)F)cc2O1. The van der Waals surface area contributed by atoms with Crippen LogP contribution >= 0.6 is 0 Å². The summed E-state index contributed by atoms with van der Waals surface area (Å²) in [4.78, 5) is 0. The van der Waals surface area contributed by atoms with Crippen LogP contribution in [0.1, 0.15) is 31.9 Å². The molecule has 0 amide bonds. The zero-order chi connectivity index (χ0) is 13.6. The van der Waals surface area contributed by atoms with Crippen LogP contribution in [-0.4, -0.2) is 12.0 Å². The van der Waals surface area contributed by atoms with Gasteiger partial charge in [-0.2, -0.15) is 0 Å². The normalized spacial score (nSPS) is 22.0. The molecule has 0 radical (unpaired) electrons. The van der Waals surface area contributed by atoms with Crippen molar-refractivity contribution in [2.75, 3.05) is 0 Å². The number of rotatable bonds is 1. The molecule has 0 spiro atoms. The van der Waals surface area contributed by atoms with E-state index in [0.717, 1.165) is 0 Å². The molecular weight excluding hydrogens is 247 g/mol.